The summed E-state index contributed by atoms with van der Waals surface area (Å²) in [5.41, 5.74) is 4.69. The van der Waals surface area contributed by atoms with Crippen LogP contribution in [-0.4, -0.2) is 51.6 Å². The molecule has 1 aliphatic rings. The van der Waals surface area contributed by atoms with Gasteiger partial charge in [0.05, 0.1) is 11.9 Å². The first-order valence-corrected chi connectivity index (χ1v) is 12.3. The number of hydrogen-bond acceptors (Lipinski definition) is 5. The third kappa shape index (κ3) is 6.14. The van der Waals surface area contributed by atoms with Gasteiger partial charge in [0.15, 0.2) is 0 Å². The minimum atomic E-state index is 0.809. The maximum Gasteiger partial charge on any atom is 0.126 e. The number of piperidine rings is 1. The second-order valence-corrected chi connectivity index (χ2v) is 9.37. The van der Waals surface area contributed by atoms with Crippen LogP contribution >= 0.6 is 0 Å². The molecule has 0 saturated carbocycles. The fourth-order valence-electron chi connectivity index (χ4n) is 4.50. The summed E-state index contributed by atoms with van der Waals surface area (Å²) < 4.78 is 2.10. The summed E-state index contributed by atoms with van der Waals surface area (Å²) in [7, 11) is 6.11. The molecular formula is C29H36N6. The Bertz CT molecular complexity index is 1280. The van der Waals surface area contributed by atoms with E-state index >= 15 is 0 Å². The zero-order chi connectivity index (χ0) is 24.8. The number of likely N-dealkylation sites (tertiary alicyclic amines) is 1. The molecule has 0 bridgehead atoms. The van der Waals surface area contributed by atoms with Gasteiger partial charge in [0, 0.05) is 43.1 Å². The number of pyridine rings is 2. The molecule has 1 N–H and O–H groups in total. The largest absolute Gasteiger partial charge is 0.373 e. The zero-order valence-corrected chi connectivity index (χ0v) is 21.3. The molecule has 4 aromatic rings. The Kier molecular flexibility index (Phi) is 7.93. The van der Waals surface area contributed by atoms with Gasteiger partial charge in [0.1, 0.15) is 11.6 Å². The minimum absolute atomic E-state index is 0.809. The predicted molar refractivity (Wildman–Crippen MR) is 146 cm³/mol. The summed E-state index contributed by atoms with van der Waals surface area (Å²) in [5.74, 6) is 2.70. The quantitative estimate of drug-likeness (QED) is 0.413. The Labute approximate surface area is 208 Å². The van der Waals surface area contributed by atoms with Crippen molar-refractivity contribution in [2.24, 2.45) is 13.0 Å². The highest BCUT2D eigenvalue weighted by atomic mass is 15.1. The standard InChI is InChI=1S/C15H16N4.C14H20N2/c1-10-17-9-14(19(10)3)11-4-5-12-8-18-15(16-2)7-13(12)6-11;1-3-12-4-7-15-14(10-12)11-13-5-8-16(2)9-6-13/h4-9H,1-3H3,(H,16,18);3-4,7,10,13H,1,5-6,8-9,11H2,2H3. The van der Waals surface area contributed by atoms with Gasteiger partial charge < -0.3 is 14.8 Å². The molecule has 1 aliphatic heterocycles. The Morgan fingerprint density at radius 1 is 1.00 bits per heavy atom. The zero-order valence-electron chi connectivity index (χ0n) is 21.3. The highest BCUT2D eigenvalue weighted by molar-refractivity contribution is 5.88. The highest BCUT2D eigenvalue weighted by Crippen LogP contribution is 2.25. The molecular weight excluding hydrogens is 432 g/mol. The lowest BCUT2D eigenvalue weighted by Gasteiger charge is -2.28. The first kappa shape index (κ1) is 24.6. The van der Waals surface area contributed by atoms with Crippen LogP contribution in [0.25, 0.3) is 28.1 Å². The summed E-state index contributed by atoms with van der Waals surface area (Å²) in [4.78, 5) is 15.5. The lowest BCUT2D eigenvalue weighted by atomic mass is 9.92. The maximum absolute atomic E-state index is 4.44. The molecule has 6 heteroatoms. The van der Waals surface area contributed by atoms with Crippen LogP contribution in [0.3, 0.4) is 0 Å². The van der Waals surface area contributed by atoms with Crippen LogP contribution < -0.4 is 5.32 Å². The number of imidazole rings is 1. The summed E-state index contributed by atoms with van der Waals surface area (Å²) >= 11 is 0. The van der Waals surface area contributed by atoms with E-state index in [0.717, 1.165) is 35.1 Å². The van der Waals surface area contributed by atoms with Crippen molar-refractivity contribution in [1.29, 1.82) is 0 Å². The number of nitrogens with one attached hydrogen (secondary N) is 1. The van der Waals surface area contributed by atoms with Crippen molar-refractivity contribution in [3.8, 4) is 11.3 Å². The van der Waals surface area contributed by atoms with Gasteiger partial charge in [-0.1, -0.05) is 24.8 Å². The van der Waals surface area contributed by atoms with Crippen molar-refractivity contribution in [3.05, 3.63) is 78.6 Å². The van der Waals surface area contributed by atoms with Gasteiger partial charge in [-0.25, -0.2) is 9.97 Å². The smallest absolute Gasteiger partial charge is 0.126 e. The second-order valence-electron chi connectivity index (χ2n) is 9.37. The number of benzene rings is 1. The molecule has 1 fully saturated rings. The van der Waals surface area contributed by atoms with Crippen LogP contribution in [0.15, 0.2) is 61.6 Å². The summed E-state index contributed by atoms with van der Waals surface area (Å²) in [5, 5.41) is 5.38. The van der Waals surface area contributed by atoms with Crippen molar-refractivity contribution in [2.45, 2.75) is 26.2 Å². The molecule has 1 saturated heterocycles. The van der Waals surface area contributed by atoms with Crippen LogP contribution in [0, 0.1) is 12.8 Å². The average Bonchev–Trinajstić information content (AvgIpc) is 3.23. The molecule has 0 spiro atoms. The van der Waals surface area contributed by atoms with E-state index in [-0.39, 0.29) is 0 Å². The van der Waals surface area contributed by atoms with Gasteiger partial charge in [-0.3, -0.25) is 4.98 Å². The molecule has 35 heavy (non-hydrogen) atoms. The molecule has 0 atom stereocenters. The predicted octanol–water partition coefficient (Wildman–Crippen LogP) is 5.59. The molecule has 3 aromatic heterocycles. The van der Waals surface area contributed by atoms with Crippen LogP contribution in [-0.2, 0) is 13.5 Å². The molecule has 5 rings (SSSR count). The fraction of sp³-hybridized carbons (Fsp3) is 0.345. The van der Waals surface area contributed by atoms with Crippen molar-refractivity contribution < 1.29 is 0 Å². The second kappa shape index (κ2) is 11.3. The van der Waals surface area contributed by atoms with Crippen LogP contribution in [0.2, 0.25) is 0 Å². The van der Waals surface area contributed by atoms with Crippen LogP contribution in [0.5, 0.6) is 0 Å². The summed E-state index contributed by atoms with van der Waals surface area (Å²) in [6, 6.07) is 12.6. The van der Waals surface area contributed by atoms with Gasteiger partial charge in [-0.2, -0.15) is 0 Å². The summed E-state index contributed by atoms with van der Waals surface area (Å²) in [6.45, 7) is 8.26. The number of aromatic nitrogens is 4. The van der Waals surface area contributed by atoms with E-state index in [9.17, 15) is 0 Å². The van der Waals surface area contributed by atoms with Crippen LogP contribution in [0.1, 0.15) is 29.9 Å². The minimum Gasteiger partial charge on any atom is -0.373 e. The molecule has 6 nitrogen and oxygen atoms in total. The van der Waals surface area contributed by atoms with Crippen molar-refractivity contribution >= 4 is 22.7 Å². The molecule has 0 radical (unpaired) electrons. The van der Waals surface area contributed by atoms with Gasteiger partial charge in [0.25, 0.3) is 0 Å². The molecule has 4 heterocycles. The van der Waals surface area contributed by atoms with Crippen molar-refractivity contribution in [1.82, 2.24) is 24.4 Å². The lowest BCUT2D eigenvalue weighted by Crippen LogP contribution is -2.31. The normalized spacial score (nSPS) is 14.4. The van der Waals surface area contributed by atoms with Gasteiger partial charge >= 0.3 is 0 Å². The Morgan fingerprint density at radius 3 is 2.49 bits per heavy atom. The topological polar surface area (TPSA) is 58.9 Å². The number of aryl methyl sites for hydroxylation is 1. The number of nitrogens with zero attached hydrogens (tertiary/aromatic N) is 5. The van der Waals surface area contributed by atoms with Crippen molar-refractivity contribution in [2.75, 3.05) is 32.5 Å². The maximum atomic E-state index is 4.44. The van der Waals surface area contributed by atoms with Gasteiger partial charge in [-0.15, -0.1) is 0 Å². The van der Waals surface area contributed by atoms with E-state index in [1.54, 1.807) is 0 Å². The third-order valence-electron chi connectivity index (χ3n) is 6.91. The van der Waals surface area contributed by atoms with E-state index in [1.807, 2.05) is 51.8 Å². The average molecular weight is 469 g/mol. The number of fused-ring (bicyclic) bond motifs is 1. The molecule has 182 valence electrons. The van der Waals surface area contributed by atoms with E-state index in [0.29, 0.717) is 0 Å². The van der Waals surface area contributed by atoms with Gasteiger partial charge in [0.2, 0.25) is 0 Å². The first-order valence-electron chi connectivity index (χ1n) is 12.3. The Hall–Kier alpha value is -3.51. The first-order chi connectivity index (χ1) is 17.0. The Balaban J connectivity index is 0.000000168. The number of rotatable bonds is 5. The SMILES string of the molecule is C=Cc1ccnc(CC2CCN(C)CC2)c1.CNc1cc2cc(-c3cnc(C)n3C)ccc2cn1. The number of anilines is 1. The third-order valence-corrected chi connectivity index (χ3v) is 6.91. The van der Waals surface area contributed by atoms with E-state index in [2.05, 4.69) is 73.7 Å². The van der Waals surface area contributed by atoms with E-state index in [1.165, 1.54) is 48.1 Å². The molecule has 0 unspecified atom stereocenters. The van der Waals surface area contributed by atoms with E-state index < -0.39 is 0 Å². The van der Waals surface area contributed by atoms with Gasteiger partial charge in [-0.05, 0) is 87.5 Å². The van der Waals surface area contributed by atoms with E-state index in [4.69, 9.17) is 0 Å². The van der Waals surface area contributed by atoms with Crippen LogP contribution in [0.4, 0.5) is 5.82 Å². The molecule has 0 aliphatic carbocycles. The lowest BCUT2D eigenvalue weighted by molar-refractivity contribution is 0.218. The Morgan fingerprint density at radius 2 is 1.80 bits per heavy atom. The molecule has 1 aromatic carbocycles. The van der Waals surface area contributed by atoms with Crippen molar-refractivity contribution in [3.63, 3.8) is 0 Å². The highest BCUT2D eigenvalue weighted by Gasteiger charge is 2.17. The number of hydrogen-bond donors (Lipinski definition) is 1. The monoisotopic (exact) mass is 468 g/mol. The fourth-order valence-corrected chi connectivity index (χ4v) is 4.50. The molecule has 0 amide bonds. The summed E-state index contributed by atoms with van der Waals surface area (Å²) in [6.07, 6.45) is 11.3.